The quantitative estimate of drug-likeness (QED) is 0.0588. The molecule has 53 heavy (non-hydrogen) atoms. The van der Waals surface area contributed by atoms with Crippen molar-refractivity contribution in [3.63, 3.8) is 0 Å². The van der Waals surface area contributed by atoms with Gasteiger partial charge in [-0.1, -0.05) is 4.76 Å². The molecule has 1 aliphatic heterocycles. The molecule has 0 atom stereocenters. The second kappa shape index (κ2) is 19.9. The molecule has 0 saturated carbocycles. The highest BCUT2D eigenvalue weighted by molar-refractivity contribution is 7.76. The summed E-state index contributed by atoms with van der Waals surface area (Å²) in [6.07, 6.45) is 1.14. The van der Waals surface area contributed by atoms with Gasteiger partial charge >= 0.3 is 31.6 Å². The number of esters is 4. The highest BCUT2D eigenvalue weighted by Gasteiger charge is 2.64. The number of ether oxygens (including phenoxy) is 4. The van der Waals surface area contributed by atoms with Crippen molar-refractivity contribution in [2.24, 2.45) is 9.51 Å². The monoisotopic (exact) mass is 787 g/mol. The van der Waals surface area contributed by atoms with Crippen LogP contribution in [0.5, 0.6) is 0 Å². The van der Waals surface area contributed by atoms with Gasteiger partial charge in [0.15, 0.2) is 0 Å². The van der Waals surface area contributed by atoms with Gasteiger partial charge < -0.3 is 18.9 Å². The molecule has 0 aromatic rings. The molecule has 0 aromatic heterocycles. The summed E-state index contributed by atoms with van der Waals surface area (Å²) in [4.78, 5) is 56.4. The smallest absolute Gasteiger partial charge is 0.379 e. The van der Waals surface area contributed by atoms with E-state index in [0.717, 1.165) is 6.08 Å². The van der Waals surface area contributed by atoms with Crippen LogP contribution in [-0.2, 0) is 38.1 Å². The Labute approximate surface area is 320 Å². The zero-order valence-corrected chi connectivity index (χ0v) is 37.8. The molecular weight excluding hydrogens is 718 g/mol. The number of methoxy groups -OCH3 is 4. The first-order valence-corrected chi connectivity index (χ1v) is 21.8. The molecule has 0 aromatic carbocycles. The molecule has 304 valence electrons. The summed E-state index contributed by atoms with van der Waals surface area (Å²) < 4.78 is 41.3. The van der Waals surface area contributed by atoms with Crippen molar-refractivity contribution in [1.29, 1.82) is 0 Å². The maximum atomic E-state index is 14.5. The van der Waals surface area contributed by atoms with E-state index in [4.69, 9.17) is 28.5 Å². The van der Waals surface area contributed by atoms with Gasteiger partial charge in [0.25, 0.3) is 0 Å². The lowest BCUT2D eigenvalue weighted by Gasteiger charge is -2.50. The van der Waals surface area contributed by atoms with E-state index in [9.17, 15) is 19.2 Å². The summed E-state index contributed by atoms with van der Waals surface area (Å²) in [6, 6.07) is -1.74. The van der Waals surface area contributed by atoms with Crippen molar-refractivity contribution in [3.8, 4) is 0 Å². The summed E-state index contributed by atoms with van der Waals surface area (Å²) in [6.45, 7) is 32.1. The lowest BCUT2D eigenvalue weighted by atomic mass is 10.2. The summed E-state index contributed by atoms with van der Waals surface area (Å²) >= 11 is 0. The van der Waals surface area contributed by atoms with Crippen LogP contribution in [0.2, 0.25) is 0 Å². The van der Waals surface area contributed by atoms with Crippen LogP contribution in [0.4, 0.5) is 0 Å². The van der Waals surface area contributed by atoms with Gasteiger partial charge in [-0.25, -0.2) is 33.3 Å². The number of nitrogens with zero attached hydrogens (tertiary/aromatic N) is 6. The Bertz CT molecular complexity index is 1410. The maximum absolute atomic E-state index is 14.5. The normalized spacial score (nSPS) is 16.4. The van der Waals surface area contributed by atoms with E-state index in [0.29, 0.717) is 0 Å². The van der Waals surface area contributed by atoms with E-state index in [1.807, 2.05) is 111 Å². The largest absolute Gasteiger partial charge is 0.466 e. The molecule has 1 heterocycles. The predicted octanol–water partition coefficient (Wildman–Crippen LogP) is 7.50. The Hall–Kier alpha value is -2.47. The Morgan fingerprint density at radius 2 is 0.962 bits per heavy atom. The van der Waals surface area contributed by atoms with Gasteiger partial charge in [0.1, 0.15) is 18.2 Å². The summed E-state index contributed by atoms with van der Waals surface area (Å²) in [5.74, 6) is -3.20. The second-order valence-electron chi connectivity index (χ2n) is 15.2. The number of amidine groups is 1. The Morgan fingerprint density at radius 3 is 1.25 bits per heavy atom. The molecule has 0 radical (unpaired) electrons. The van der Waals surface area contributed by atoms with Crippen LogP contribution in [0.25, 0.3) is 0 Å². The first-order chi connectivity index (χ1) is 24.4. The SMILES string of the molecule is COC(=O)C=C(C(=O)OC)[P+](N=C1N=P(N(C(C)C)C(C)C)(N(C(C)C)C(C)C)C(C(=O)OC)=C1C(=O)OC)(N(C(C)C)C(C)C)N(C(C)C)C(C)C. The average Bonchev–Trinajstić information content (AvgIpc) is 3.33. The van der Waals surface area contributed by atoms with Crippen LogP contribution in [0.3, 0.4) is 0 Å². The minimum atomic E-state index is -3.77. The van der Waals surface area contributed by atoms with E-state index in [2.05, 4.69) is 18.7 Å². The van der Waals surface area contributed by atoms with Gasteiger partial charge in [0.2, 0.25) is 11.1 Å². The molecule has 1 rings (SSSR count). The predicted molar refractivity (Wildman–Crippen MR) is 215 cm³/mol. The Kier molecular flexibility index (Phi) is 18.2. The summed E-state index contributed by atoms with van der Waals surface area (Å²) in [7, 11) is -2.24. The molecule has 14 nitrogen and oxygen atoms in total. The van der Waals surface area contributed by atoms with Crippen molar-refractivity contribution in [2.45, 2.75) is 159 Å². The summed E-state index contributed by atoms with van der Waals surface area (Å²) in [5.41, 5.74) is -0.142. The van der Waals surface area contributed by atoms with Crippen molar-refractivity contribution in [2.75, 3.05) is 28.4 Å². The topological polar surface area (TPSA) is 143 Å². The molecule has 0 unspecified atom stereocenters. The number of rotatable bonds is 18. The highest BCUT2D eigenvalue weighted by Crippen LogP contribution is 2.77. The van der Waals surface area contributed by atoms with Crippen molar-refractivity contribution >= 4 is 44.8 Å². The summed E-state index contributed by atoms with van der Waals surface area (Å²) in [5, 5.41) is 0.0134. The Morgan fingerprint density at radius 1 is 0.585 bits per heavy atom. The average molecular weight is 788 g/mol. The fraction of sp³-hybridized carbons (Fsp3) is 0.757. The zero-order chi connectivity index (χ0) is 41.5. The number of carbonyl (C=O) groups is 4. The van der Waals surface area contributed by atoms with Crippen LogP contribution in [0.15, 0.2) is 31.8 Å². The van der Waals surface area contributed by atoms with Gasteiger partial charge in [0.05, 0.1) is 34.5 Å². The van der Waals surface area contributed by atoms with E-state index >= 15 is 0 Å². The third-order valence-corrected chi connectivity index (χ3v) is 17.9. The van der Waals surface area contributed by atoms with Crippen LogP contribution in [0.1, 0.15) is 111 Å². The lowest BCUT2D eigenvalue weighted by molar-refractivity contribution is -0.138. The third-order valence-electron chi connectivity index (χ3n) is 8.69. The van der Waals surface area contributed by atoms with E-state index in [1.54, 1.807) is 0 Å². The van der Waals surface area contributed by atoms with Gasteiger partial charge in [-0.2, -0.15) is 0 Å². The minimum Gasteiger partial charge on any atom is -0.466 e. The molecule has 0 spiro atoms. The van der Waals surface area contributed by atoms with Crippen LogP contribution in [0, 0.1) is 0 Å². The molecule has 0 N–H and O–H groups in total. The number of hydrogen-bond donors (Lipinski definition) is 0. The molecule has 0 amide bonds. The van der Waals surface area contributed by atoms with Crippen molar-refractivity contribution in [1.82, 2.24) is 18.7 Å². The van der Waals surface area contributed by atoms with Crippen molar-refractivity contribution < 1.29 is 38.1 Å². The van der Waals surface area contributed by atoms with Crippen LogP contribution < -0.4 is 0 Å². The standard InChI is InChI=1S/C37H69N6O8P2/c1-22(2)40(23(3)4)52(41(24(5)6)25(7)8,30(35(45)49-18)21-31(44)48-17)38-34-32(36(46)50-19)33(37(47)51-20)53(39-34,42(26(9)10)27(11)12)43(28(13)14)29(15)16/h21-29H,1-20H3/q+1. The highest BCUT2D eigenvalue weighted by atomic mass is 31.2. The molecule has 16 heteroatoms. The van der Waals surface area contributed by atoms with E-state index in [-0.39, 0.29) is 70.4 Å². The van der Waals surface area contributed by atoms with Gasteiger partial charge in [-0.05, 0) is 111 Å². The van der Waals surface area contributed by atoms with Gasteiger partial charge in [-0.15, -0.1) is 9.34 Å². The second-order valence-corrected chi connectivity index (χ2v) is 20.6. The van der Waals surface area contributed by atoms with Gasteiger partial charge in [-0.3, -0.25) is 0 Å². The molecule has 0 bridgehead atoms. The third kappa shape index (κ3) is 9.68. The van der Waals surface area contributed by atoms with E-state index < -0.39 is 38.9 Å². The Balaban J connectivity index is 5.42. The van der Waals surface area contributed by atoms with E-state index in [1.165, 1.54) is 28.4 Å². The maximum Gasteiger partial charge on any atom is 0.379 e. The molecule has 1 aliphatic rings. The number of hydrogen-bond acceptors (Lipinski definition) is 13. The van der Waals surface area contributed by atoms with Gasteiger partial charge in [0, 0.05) is 48.3 Å². The zero-order valence-electron chi connectivity index (χ0n) is 36.0. The first-order valence-electron chi connectivity index (χ1n) is 18.5. The van der Waals surface area contributed by atoms with Crippen LogP contribution in [-0.4, -0.2) is 125 Å². The molecule has 0 saturated heterocycles. The lowest BCUT2D eigenvalue weighted by Crippen LogP contribution is -2.49. The molecule has 0 fully saturated rings. The molecular formula is C37H69N6O8P2+. The van der Waals surface area contributed by atoms with Crippen molar-refractivity contribution in [3.05, 3.63) is 22.3 Å². The number of carbonyl (C=O) groups excluding carboxylic acids is 4. The fourth-order valence-corrected chi connectivity index (χ4v) is 17.3. The fourth-order valence-electron chi connectivity index (χ4n) is 7.78. The minimum absolute atomic E-state index is 0.0480. The first kappa shape index (κ1) is 48.5. The van der Waals surface area contributed by atoms with Crippen LogP contribution >= 0.6 is 15.1 Å². The molecule has 0 aliphatic carbocycles.